The molecule has 26 heavy (non-hydrogen) atoms. The molecule has 2 aromatic rings. The maximum absolute atomic E-state index is 12.7. The first-order chi connectivity index (χ1) is 12.7. The summed E-state index contributed by atoms with van der Waals surface area (Å²) in [7, 11) is 1.64. The van der Waals surface area contributed by atoms with Crippen molar-refractivity contribution in [3.8, 4) is 17.2 Å². The number of ether oxygens (including phenoxy) is 3. The number of Topliss-reactive ketones (excluding diaryl/α,β-unsaturated/α-hetero) is 1. The average molecular weight is 352 g/mol. The summed E-state index contributed by atoms with van der Waals surface area (Å²) in [6.07, 6.45) is 0.607. The molecule has 1 unspecified atom stereocenters. The largest absolute Gasteiger partial charge is 0.497 e. The molecule has 2 aromatic carbocycles. The highest BCUT2D eigenvalue weighted by Crippen LogP contribution is 2.55. The summed E-state index contributed by atoms with van der Waals surface area (Å²) in [4.78, 5) is 12.7. The molecule has 5 rings (SSSR count). The molecule has 0 radical (unpaired) electrons. The number of rotatable bonds is 2. The normalized spacial score (nSPS) is 28.6. The zero-order valence-corrected chi connectivity index (χ0v) is 14.5. The Morgan fingerprint density at radius 3 is 2.46 bits per heavy atom. The van der Waals surface area contributed by atoms with Crippen LogP contribution in [-0.4, -0.2) is 24.8 Å². The highest BCUT2D eigenvalue weighted by Gasteiger charge is 2.50. The minimum absolute atomic E-state index is 0.0533. The van der Waals surface area contributed by atoms with Gasteiger partial charge in [0.2, 0.25) is 6.79 Å². The van der Waals surface area contributed by atoms with E-state index in [0.29, 0.717) is 17.9 Å². The Morgan fingerprint density at radius 2 is 1.77 bits per heavy atom. The molecule has 4 atom stereocenters. The van der Waals surface area contributed by atoms with E-state index in [1.54, 1.807) is 7.11 Å². The minimum atomic E-state index is -0.648. The lowest BCUT2D eigenvalue weighted by molar-refractivity contribution is -0.122. The van der Waals surface area contributed by atoms with Crippen LogP contribution in [0.25, 0.3) is 0 Å². The van der Waals surface area contributed by atoms with Gasteiger partial charge in [-0.1, -0.05) is 12.1 Å². The van der Waals surface area contributed by atoms with Crippen LogP contribution < -0.4 is 14.2 Å². The molecule has 0 aromatic heterocycles. The summed E-state index contributed by atoms with van der Waals surface area (Å²) in [5.41, 5.74) is 2.87. The molecule has 5 heteroatoms. The van der Waals surface area contributed by atoms with Crippen LogP contribution in [0.3, 0.4) is 0 Å². The van der Waals surface area contributed by atoms with E-state index in [1.165, 1.54) is 0 Å². The highest BCUT2D eigenvalue weighted by atomic mass is 16.7. The van der Waals surface area contributed by atoms with Crippen molar-refractivity contribution in [2.24, 2.45) is 11.8 Å². The lowest BCUT2D eigenvalue weighted by Gasteiger charge is -2.38. The first-order valence-electron chi connectivity index (χ1n) is 8.95. The van der Waals surface area contributed by atoms with Gasteiger partial charge in [0.15, 0.2) is 11.5 Å². The molecule has 5 nitrogen and oxygen atoms in total. The van der Waals surface area contributed by atoms with Crippen molar-refractivity contribution in [1.82, 2.24) is 0 Å². The lowest BCUT2D eigenvalue weighted by atomic mass is 9.66. The van der Waals surface area contributed by atoms with Gasteiger partial charge in [-0.15, -0.1) is 0 Å². The van der Waals surface area contributed by atoms with Gasteiger partial charge in [0.05, 0.1) is 13.2 Å². The van der Waals surface area contributed by atoms with Crippen LogP contribution >= 0.6 is 0 Å². The van der Waals surface area contributed by atoms with E-state index in [2.05, 4.69) is 0 Å². The van der Waals surface area contributed by atoms with Gasteiger partial charge in [0.1, 0.15) is 11.5 Å². The van der Waals surface area contributed by atoms with Gasteiger partial charge in [0.25, 0.3) is 0 Å². The third-order valence-corrected chi connectivity index (χ3v) is 6.03. The number of aliphatic hydroxyl groups is 1. The summed E-state index contributed by atoms with van der Waals surface area (Å²) in [5, 5.41) is 11.0. The zero-order chi connectivity index (χ0) is 17.8. The molecule has 0 amide bonds. The Morgan fingerprint density at radius 1 is 1.08 bits per heavy atom. The monoisotopic (exact) mass is 352 g/mol. The smallest absolute Gasteiger partial charge is 0.231 e. The van der Waals surface area contributed by atoms with E-state index in [4.69, 9.17) is 14.2 Å². The van der Waals surface area contributed by atoms with Crippen LogP contribution in [-0.2, 0) is 4.79 Å². The van der Waals surface area contributed by atoms with Crippen molar-refractivity contribution in [2.75, 3.05) is 13.9 Å². The van der Waals surface area contributed by atoms with Gasteiger partial charge in [-0.25, -0.2) is 0 Å². The highest BCUT2D eigenvalue weighted by molar-refractivity contribution is 5.86. The summed E-state index contributed by atoms with van der Waals surface area (Å²) in [6.45, 7) is 0.188. The Hall–Kier alpha value is -2.53. The molecule has 3 aliphatic rings. The second-order valence-electron chi connectivity index (χ2n) is 7.22. The van der Waals surface area contributed by atoms with E-state index < -0.39 is 6.10 Å². The predicted octanol–water partition coefficient (Wildman–Crippen LogP) is 3.20. The SMILES string of the molecule is COc1ccc([C@@H]2c3cc4c(cc3[C@H](O)C3CCC(=O)[C@H]32)OCO4)cc1. The van der Waals surface area contributed by atoms with E-state index in [-0.39, 0.29) is 30.3 Å². The van der Waals surface area contributed by atoms with Gasteiger partial charge < -0.3 is 19.3 Å². The van der Waals surface area contributed by atoms with Crippen molar-refractivity contribution in [3.63, 3.8) is 0 Å². The Kier molecular flexibility index (Phi) is 3.47. The van der Waals surface area contributed by atoms with Crippen molar-refractivity contribution >= 4 is 5.78 Å². The number of hydrogen-bond donors (Lipinski definition) is 1. The Labute approximate surface area is 151 Å². The van der Waals surface area contributed by atoms with E-state index in [1.807, 2.05) is 36.4 Å². The molecule has 1 saturated carbocycles. The Balaban J connectivity index is 1.70. The van der Waals surface area contributed by atoms with Crippen LogP contribution in [0, 0.1) is 11.8 Å². The molecule has 1 heterocycles. The molecular weight excluding hydrogens is 332 g/mol. The fraction of sp³-hybridized carbons (Fsp3) is 0.381. The summed E-state index contributed by atoms with van der Waals surface area (Å²) >= 11 is 0. The molecule has 0 saturated heterocycles. The molecule has 0 spiro atoms. The van der Waals surface area contributed by atoms with Crippen molar-refractivity contribution in [2.45, 2.75) is 24.9 Å². The maximum Gasteiger partial charge on any atom is 0.231 e. The van der Waals surface area contributed by atoms with Crippen LogP contribution in [0.1, 0.15) is 41.6 Å². The number of aliphatic hydroxyl groups excluding tert-OH is 1. The van der Waals surface area contributed by atoms with Gasteiger partial charge in [0, 0.05) is 24.2 Å². The lowest BCUT2D eigenvalue weighted by Crippen LogP contribution is -2.33. The molecule has 1 aliphatic heterocycles. The first kappa shape index (κ1) is 15.7. The van der Waals surface area contributed by atoms with Crippen molar-refractivity contribution < 1.29 is 24.1 Å². The number of carbonyl (C=O) groups excluding carboxylic acids is 1. The van der Waals surface area contributed by atoms with Crippen LogP contribution in [0.4, 0.5) is 0 Å². The zero-order valence-electron chi connectivity index (χ0n) is 14.5. The second-order valence-corrected chi connectivity index (χ2v) is 7.22. The fourth-order valence-corrected chi connectivity index (χ4v) is 4.80. The fourth-order valence-electron chi connectivity index (χ4n) is 4.80. The summed E-state index contributed by atoms with van der Waals surface area (Å²) < 4.78 is 16.3. The molecule has 1 fully saturated rings. The van der Waals surface area contributed by atoms with Gasteiger partial charge in [-0.05, 0) is 47.4 Å². The van der Waals surface area contributed by atoms with Gasteiger partial charge in [-0.2, -0.15) is 0 Å². The Bertz CT molecular complexity index is 873. The van der Waals surface area contributed by atoms with Crippen molar-refractivity contribution in [1.29, 1.82) is 0 Å². The summed E-state index contributed by atoms with van der Waals surface area (Å²) in [5.74, 6) is 2.02. The van der Waals surface area contributed by atoms with E-state index >= 15 is 0 Å². The number of ketones is 1. The minimum Gasteiger partial charge on any atom is -0.497 e. The number of methoxy groups -OCH3 is 1. The first-order valence-corrected chi connectivity index (χ1v) is 8.95. The molecular formula is C21H20O5. The maximum atomic E-state index is 12.7. The van der Waals surface area contributed by atoms with Gasteiger partial charge in [-0.3, -0.25) is 4.79 Å². The second kappa shape index (κ2) is 5.74. The topological polar surface area (TPSA) is 65.0 Å². The van der Waals surface area contributed by atoms with Crippen LogP contribution in [0.5, 0.6) is 17.2 Å². The van der Waals surface area contributed by atoms with Crippen LogP contribution in [0.15, 0.2) is 36.4 Å². The number of hydrogen-bond acceptors (Lipinski definition) is 5. The third-order valence-electron chi connectivity index (χ3n) is 6.03. The molecule has 134 valence electrons. The van der Waals surface area contributed by atoms with Gasteiger partial charge >= 0.3 is 0 Å². The number of benzene rings is 2. The quantitative estimate of drug-likeness (QED) is 0.899. The summed E-state index contributed by atoms with van der Waals surface area (Å²) in [6, 6.07) is 11.7. The average Bonchev–Trinajstić information content (AvgIpc) is 3.28. The molecule has 1 N–H and O–H groups in total. The molecule has 2 aliphatic carbocycles. The third kappa shape index (κ3) is 2.16. The van der Waals surface area contributed by atoms with E-state index in [9.17, 15) is 9.90 Å². The molecule has 0 bridgehead atoms. The standard InChI is InChI=1S/C21H20O5/c1-24-12-4-2-11(3-5-12)19-14-8-17-18(26-10-25-17)9-15(14)21(23)13-6-7-16(22)20(13)19/h2-5,8-9,13,19-21,23H,6-7,10H2,1H3/t13?,19-,20+,21-/m1/s1. The predicted molar refractivity (Wildman–Crippen MR) is 93.6 cm³/mol. The number of carbonyl (C=O) groups is 1. The van der Waals surface area contributed by atoms with Crippen LogP contribution in [0.2, 0.25) is 0 Å². The van der Waals surface area contributed by atoms with Crippen molar-refractivity contribution in [3.05, 3.63) is 53.1 Å². The van der Waals surface area contributed by atoms with E-state index in [0.717, 1.165) is 28.9 Å². The number of fused-ring (bicyclic) bond motifs is 3.